The molecular weight excluding hydrogens is 338 g/mol. The van der Waals surface area contributed by atoms with Gasteiger partial charge >= 0.3 is 0 Å². The molecule has 0 fully saturated rings. The standard InChI is InChI=1S/C16H17BrClNO/c1-10-9-12(7-8-15(10)18)20-16(11(2)19)13-5-3-4-6-14(13)17/h3-9,11,16H,19H2,1-2H3. The van der Waals surface area contributed by atoms with Gasteiger partial charge in [-0.15, -0.1) is 0 Å². The molecule has 0 spiro atoms. The van der Waals surface area contributed by atoms with Gasteiger partial charge in [-0.25, -0.2) is 0 Å². The number of ether oxygens (including phenoxy) is 1. The number of hydrogen-bond donors (Lipinski definition) is 1. The van der Waals surface area contributed by atoms with Gasteiger partial charge in [0.15, 0.2) is 0 Å². The van der Waals surface area contributed by atoms with Crippen LogP contribution in [0.3, 0.4) is 0 Å². The maximum absolute atomic E-state index is 6.08. The molecule has 0 heterocycles. The fourth-order valence-corrected chi connectivity index (χ4v) is 2.62. The fraction of sp³-hybridized carbons (Fsp3) is 0.250. The summed E-state index contributed by atoms with van der Waals surface area (Å²) < 4.78 is 7.06. The van der Waals surface area contributed by atoms with E-state index in [0.29, 0.717) is 0 Å². The number of benzene rings is 2. The molecule has 0 saturated heterocycles. The van der Waals surface area contributed by atoms with Crippen LogP contribution in [-0.2, 0) is 0 Å². The summed E-state index contributed by atoms with van der Waals surface area (Å²) in [5.41, 5.74) is 8.10. The van der Waals surface area contributed by atoms with Crippen molar-refractivity contribution in [3.8, 4) is 5.75 Å². The molecule has 2 aromatic rings. The van der Waals surface area contributed by atoms with Crippen LogP contribution in [0.4, 0.5) is 0 Å². The molecule has 2 nitrogen and oxygen atoms in total. The molecule has 0 saturated carbocycles. The summed E-state index contributed by atoms with van der Waals surface area (Å²) in [6, 6.07) is 13.4. The number of nitrogens with two attached hydrogens (primary N) is 1. The van der Waals surface area contributed by atoms with Gasteiger partial charge in [-0.3, -0.25) is 0 Å². The van der Waals surface area contributed by atoms with E-state index in [1.54, 1.807) is 0 Å². The van der Waals surface area contributed by atoms with Crippen molar-refractivity contribution >= 4 is 27.5 Å². The zero-order valence-electron chi connectivity index (χ0n) is 11.4. The summed E-state index contributed by atoms with van der Waals surface area (Å²) in [6.45, 7) is 3.89. The van der Waals surface area contributed by atoms with Crippen molar-refractivity contribution in [1.82, 2.24) is 0 Å². The third kappa shape index (κ3) is 3.54. The van der Waals surface area contributed by atoms with E-state index in [1.807, 2.05) is 56.3 Å². The van der Waals surface area contributed by atoms with Gasteiger partial charge in [0.25, 0.3) is 0 Å². The minimum Gasteiger partial charge on any atom is -0.484 e. The first-order valence-corrected chi connectivity index (χ1v) is 7.59. The van der Waals surface area contributed by atoms with Crippen LogP contribution in [0.25, 0.3) is 0 Å². The maximum Gasteiger partial charge on any atom is 0.140 e. The Morgan fingerprint density at radius 1 is 1.20 bits per heavy atom. The smallest absolute Gasteiger partial charge is 0.140 e. The van der Waals surface area contributed by atoms with E-state index in [2.05, 4.69) is 15.9 Å². The number of rotatable bonds is 4. The van der Waals surface area contributed by atoms with Crippen molar-refractivity contribution in [3.05, 3.63) is 63.1 Å². The van der Waals surface area contributed by atoms with Crippen molar-refractivity contribution in [1.29, 1.82) is 0 Å². The molecule has 2 aromatic carbocycles. The molecule has 0 aliphatic heterocycles. The molecule has 0 amide bonds. The Balaban J connectivity index is 2.31. The van der Waals surface area contributed by atoms with E-state index in [4.69, 9.17) is 22.1 Å². The molecule has 2 unspecified atom stereocenters. The number of aryl methyl sites for hydroxylation is 1. The Bertz CT molecular complexity index is 601. The SMILES string of the molecule is Cc1cc(OC(c2ccccc2Br)C(C)N)ccc1Cl. The second-order valence-electron chi connectivity index (χ2n) is 4.83. The molecule has 2 atom stereocenters. The summed E-state index contributed by atoms with van der Waals surface area (Å²) >= 11 is 9.58. The van der Waals surface area contributed by atoms with E-state index in [0.717, 1.165) is 26.4 Å². The van der Waals surface area contributed by atoms with Gasteiger partial charge in [0.1, 0.15) is 11.9 Å². The molecule has 2 N–H and O–H groups in total. The molecule has 20 heavy (non-hydrogen) atoms. The summed E-state index contributed by atoms with van der Waals surface area (Å²) in [4.78, 5) is 0. The van der Waals surface area contributed by atoms with E-state index in [1.165, 1.54) is 0 Å². The monoisotopic (exact) mass is 353 g/mol. The lowest BCUT2D eigenvalue weighted by Gasteiger charge is -2.24. The Morgan fingerprint density at radius 3 is 2.50 bits per heavy atom. The van der Waals surface area contributed by atoms with Gasteiger partial charge < -0.3 is 10.5 Å². The number of halogens is 2. The van der Waals surface area contributed by atoms with E-state index >= 15 is 0 Å². The van der Waals surface area contributed by atoms with Gasteiger partial charge in [-0.1, -0.05) is 45.7 Å². The Morgan fingerprint density at radius 2 is 1.90 bits per heavy atom. The largest absolute Gasteiger partial charge is 0.484 e. The Hall–Kier alpha value is -1.03. The van der Waals surface area contributed by atoms with Crippen molar-refractivity contribution < 1.29 is 4.74 Å². The molecule has 0 aliphatic rings. The Labute approximate surface area is 133 Å². The second kappa shape index (κ2) is 6.61. The van der Waals surface area contributed by atoms with Crippen molar-refractivity contribution in [2.45, 2.75) is 26.0 Å². The summed E-state index contributed by atoms with van der Waals surface area (Å²) in [6.07, 6.45) is -0.217. The van der Waals surface area contributed by atoms with Crippen molar-refractivity contribution in [3.63, 3.8) is 0 Å². The van der Waals surface area contributed by atoms with E-state index in [-0.39, 0.29) is 12.1 Å². The van der Waals surface area contributed by atoms with Crippen LogP contribution in [0.15, 0.2) is 46.9 Å². The first kappa shape index (κ1) is 15.4. The van der Waals surface area contributed by atoms with Gasteiger partial charge in [0.2, 0.25) is 0 Å². The highest BCUT2D eigenvalue weighted by atomic mass is 79.9. The molecular formula is C16H17BrClNO. The topological polar surface area (TPSA) is 35.2 Å². The third-order valence-corrected chi connectivity index (χ3v) is 4.23. The van der Waals surface area contributed by atoms with Crippen LogP contribution in [0.1, 0.15) is 24.2 Å². The summed E-state index contributed by atoms with van der Waals surface area (Å²) in [5.74, 6) is 0.768. The van der Waals surface area contributed by atoms with Gasteiger partial charge in [-0.05, 0) is 43.7 Å². The van der Waals surface area contributed by atoms with Gasteiger partial charge in [0.05, 0.1) is 0 Å². The predicted octanol–water partition coefficient (Wildman–Crippen LogP) is 4.88. The minimum atomic E-state index is -0.217. The molecule has 0 bridgehead atoms. The molecule has 2 rings (SSSR count). The fourth-order valence-electron chi connectivity index (χ4n) is 2.00. The molecule has 106 valence electrons. The molecule has 0 radical (unpaired) electrons. The lowest BCUT2D eigenvalue weighted by atomic mass is 10.0. The Kier molecular flexibility index (Phi) is 5.08. The minimum absolute atomic E-state index is 0.135. The predicted molar refractivity (Wildman–Crippen MR) is 87.3 cm³/mol. The van der Waals surface area contributed by atoms with Crippen LogP contribution >= 0.6 is 27.5 Å². The quantitative estimate of drug-likeness (QED) is 0.849. The van der Waals surface area contributed by atoms with E-state index < -0.39 is 0 Å². The lowest BCUT2D eigenvalue weighted by Crippen LogP contribution is -2.29. The normalized spacial score (nSPS) is 13.8. The number of hydrogen-bond acceptors (Lipinski definition) is 2. The van der Waals surface area contributed by atoms with E-state index in [9.17, 15) is 0 Å². The third-order valence-electron chi connectivity index (χ3n) is 3.08. The highest BCUT2D eigenvalue weighted by molar-refractivity contribution is 9.10. The first-order valence-electron chi connectivity index (χ1n) is 6.42. The van der Waals surface area contributed by atoms with Crippen LogP contribution in [0.2, 0.25) is 5.02 Å². The van der Waals surface area contributed by atoms with Crippen LogP contribution < -0.4 is 10.5 Å². The van der Waals surface area contributed by atoms with Crippen LogP contribution in [0.5, 0.6) is 5.75 Å². The lowest BCUT2D eigenvalue weighted by molar-refractivity contribution is 0.179. The van der Waals surface area contributed by atoms with Crippen molar-refractivity contribution in [2.24, 2.45) is 5.73 Å². The van der Waals surface area contributed by atoms with Crippen molar-refractivity contribution in [2.75, 3.05) is 0 Å². The highest BCUT2D eigenvalue weighted by Gasteiger charge is 2.20. The molecule has 0 aromatic heterocycles. The molecule has 4 heteroatoms. The molecule has 0 aliphatic carbocycles. The zero-order valence-corrected chi connectivity index (χ0v) is 13.8. The second-order valence-corrected chi connectivity index (χ2v) is 6.09. The average Bonchev–Trinajstić information content (AvgIpc) is 2.41. The highest BCUT2D eigenvalue weighted by Crippen LogP contribution is 2.31. The maximum atomic E-state index is 6.08. The average molecular weight is 355 g/mol. The van der Waals surface area contributed by atoms with Crippen LogP contribution in [-0.4, -0.2) is 6.04 Å². The van der Waals surface area contributed by atoms with Gasteiger partial charge in [0, 0.05) is 21.1 Å². The van der Waals surface area contributed by atoms with Gasteiger partial charge in [-0.2, -0.15) is 0 Å². The first-order chi connectivity index (χ1) is 9.49. The zero-order chi connectivity index (χ0) is 14.7. The van der Waals surface area contributed by atoms with Crippen LogP contribution in [0, 0.1) is 6.92 Å². The summed E-state index contributed by atoms with van der Waals surface area (Å²) in [5, 5.41) is 0.732. The summed E-state index contributed by atoms with van der Waals surface area (Å²) in [7, 11) is 0.